The van der Waals surface area contributed by atoms with E-state index in [2.05, 4.69) is 45.7 Å². The molecule has 1 aromatic carbocycles. The number of rotatable bonds is 10. The summed E-state index contributed by atoms with van der Waals surface area (Å²) < 4.78 is 6.70. The second-order valence-corrected chi connectivity index (χ2v) is 12.6. The predicted molar refractivity (Wildman–Crippen MR) is 161 cm³/mol. The van der Waals surface area contributed by atoms with Crippen molar-refractivity contribution < 1.29 is 14.3 Å². The first-order valence-corrected chi connectivity index (χ1v) is 15.7. The Balaban J connectivity index is 1.62. The predicted octanol–water partition coefficient (Wildman–Crippen LogP) is 7.09. The first-order valence-electron chi connectivity index (χ1n) is 12.7. The van der Waals surface area contributed by atoms with Gasteiger partial charge in [-0.2, -0.15) is 11.3 Å². The van der Waals surface area contributed by atoms with Crippen LogP contribution in [-0.4, -0.2) is 48.1 Å². The Morgan fingerprint density at radius 2 is 2.05 bits per heavy atom. The number of thioether (sulfide) groups is 1. The van der Waals surface area contributed by atoms with E-state index in [1.165, 1.54) is 23.1 Å². The molecule has 2 aliphatic rings. The molecule has 1 aromatic heterocycles. The van der Waals surface area contributed by atoms with Gasteiger partial charge in [0.2, 0.25) is 5.91 Å². The largest absolute Gasteiger partial charge is 0.378 e. The second-order valence-electron chi connectivity index (χ2n) is 9.33. The number of morpholine rings is 1. The third-order valence-electron chi connectivity index (χ3n) is 6.77. The Morgan fingerprint density at radius 1 is 1.29 bits per heavy atom. The van der Waals surface area contributed by atoms with Crippen molar-refractivity contribution in [1.82, 2.24) is 10.2 Å². The van der Waals surface area contributed by atoms with Gasteiger partial charge in [-0.15, -0.1) is 11.8 Å². The van der Waals surface area contributed by atoms with E-state index in [9.17, 15) is 9.59 Å². The number of ether oxygens (including phenoxy) is 1. The summed E-state index contributed by atoms with van der Waals surface area (Å²) in [5.41, 5.74) is 1.61. The smallest absolute Gasteiger partial charge is 0.242 e. The molecule has 2 fully saturated rings. The Morgan fingerprint density at radius 3 is 2.71 bits per heavy atom. The lowest BCUT2D eigenvalue weighted by molar-refractivity contribution is -0.132. The molecule has 5 nitrogen and oxygen atoms in total. The van der Waals surface area contributed by atoms with Gasteiger partial charge in [-0.25, -0.2) is 0 Å². The number of amides is 1. The molecule has 38 heavy (non-hydrogen) atoms. The molecule has 1 amide bonds. The van der Waals surface area contributed by atoms with E-state index in [4.69, 9.17) is 16.3 Å². The maximum Gasteiger partial charge on any atom is 0.242 e. The van der Waals surface area contributed by atoms with Crippen LogP contribution in [0.3, 0.4) is 0 Å². The number of ketones is 1. The van der Waals surface area contributed by atoms with Gasteiger partial charge in [0.1, 0.15) is 5.25 Å². The summed E-state index contributed by atoms with van der Waals surface area (Å²) in [6.45, 7) is 9.53. The first-order chi connectivity index (χ1) is 18.4. The highest BCUT2D eigenvalue weighted by molar-refractivity contribution is 9.11. The summed E-state index contributed by atoms with van der Waals surface area (Å²) in [7, 11) is 0. The molecule has 2 aromatic rings. The van der Waals surface area contributed by atoms with Gasteiger partial charge in [0.05, 0.1) is 23.8 Å². The Labute approximate surface area is 246 Å². The molecule has 0 radical (unpaired) electrons. The molecule has 9 heteroatoms. The van der Waals surface area contributed by atoms with Gasteiger partial charge in [-0.1, -0.05) is 65.7 Å². The molecule has 2 saturated heterocycles. The van der Waals surface area contributed by atoms with Crippen molar-refractivity contribution >= 4 is 62.3 Å². The van der Waals surface area contributed by atoms with Crippen LogP contribution in [0.2, 0.25) is 5.02 Å². The number of Topliss-reactive ketones (excluding diaryl/α,β-unsaturated/α-hetero) is 1. The number of benzene rings is 1. The molecule has 1 N–H and O–H groups in total. The van der Waals surface area contributed by atoms with Crippen LogP contribution in [0.4, 0.5) is 0 Å². The molecule has 0 bridgehead atoms. The number of piperidine rings is 1. The van der Waals surface area contributed by atoms with Gasteiger partial charge < -0.3 is 15.0 Å². The van der Waals surface area contributed by atoms with Crippen molar-refractivity contribution in [3.63, 3.8) is 0 Å². The normalized spacial score (nSPS) is 22.9. The Bertz CT molecular complexity index is 1200. The van der Waals surface area contributed by atoms with Crippen LogP contribution in [0.5, 0.6) is 0 Å². The van der Waals surface area contributed by atoms with E-state index in [-0.39, 0.29) is 18.1 Å². The number of allylic oxidation sites excluding steroid dienone is 2. The maximum absolute atomic E-state index is 13.5. The lowest BCUT2D eigenvalue weighted by atomic mass is 9.77. The number of carbonyl (C=O) groups excluding carboxylic acids is 2. The minimum atomic E-state index is -1.01. The summed E-state index contributed by atoms with van der Waals surface area (Å²) in [6.07, 6.45) is 7.25. The Kier molecular flexibility index (Phi) is 10.3. The van der Waals surface area contributed by atoms with Crippen LogP contribution >= 0.6 is 50.6 Å². The summed E-state index contributed by atoms with van der Waals surface area (Å²) in [4.78, 5) is 30.0. The first kappa shape index (κ1) is 29.2. The van der Waals surface area contributed by atoms with Gasteiger partial charge in [-0.3, -0.25) is 9.59 Å². The zero-order chi connectivity index (χ0) is 27.1. The molecule has 2 atom stereocenters. The highest BCUT2D eigenvalue weighted by Gasteiger charge is 2.47. The SMILES string of the molecule is C=C(C=CC(=C(Br)CCCC)N1CCOCC1)C1(c2ccsc2)CC(=O)C(Sc2ccccc2Cl)C(=O)N1. The van der Waals surface area contributed by atoms with Crippen LogP contribution < -0.4 is 5.32 Å². The van der Waals surface area contributed by atoms with Gasteiger partial charge >= 0.3 is 0 Å². The highest BCUT2D eigenvalue weighted by Crippen LogP contribution is 2.41. The lowest BCUT2D eigenvalue weighted by Crippen LogP contribution is -2.58. The zero-order valence-corrected chi connectivity index (χ0v) is 25.4. The minimum Gasteiger partial charge on any atom is -0.378 e. The minimum absolute atomic E-state index is 0.119. The fourth-order valence-corrected chi connectivity index (χ4v) is 7.26. The second kappa shape index (κ2) is 13.5. The molecule has 202 valence electrons. The molecule has 0 aliphatic carbocycles. The molecule has 3 heterocycles. The molecule has 2 aliphatic heterocycles. The summed E-state index contributed by atoms with van der Waals surface area (Å²) in [6, 6.07) is 9.21. The van der Waals surface area contributed by atoms with Crippen LogP contribution in [0.15, 0.2) is 80.5 Å². The standard InChI is InChI=1S/C29H32BrClN2O3S2/c1-3-4-7-22(30)24(33-13-15-36-16-14-33)11-10-20(2)29(21-12-17-37-19-21)18-25(34)27(28(35)32-29)38-26-9-6-5-8-23(26)31/h5-6,8-12,17,19,27H,2-4,7,13-16,18H2,1H3,(H,32,35). The maximum atomic E-state index is 13.5. The number of carbonyl (C=O) groups is 2. The number of thiophene rings is 1. The van der Waals surface area contributed by atoms with Crippen molar-refractivity contribution in [2.45, 2.75) is 48.3 Å². The van der Waals surface area contributed by atoms with Crippen LogP contribution in [-0.2, 0) is 19.9 Å². The van der Waals surface area contributed by atoms with E-state index >= 15 is 0 Å². The number of hydrogen-bond donors (Lipinski definition) is 1. The van der Waals surface area contributed by atoms with Crippen molar-refractivity contribution in [3.05, 3.63) is 86.2 Å². The van der Waals surface area contributed by atoms with E-state index in [1.54, 1.807) is 6.07 Å². The zero-order valence-electron chi connectivity index (χ0n) is 21.4. The number of halogens is 2. The van der Waals surface area contributed by atoms with E-state index < -0.39 is 10.8 Å². The Hall–Kier alpha value is -1.84. The van der Waals surface area contributed by atoms with Crippen LogP contribution in [0, 0.1) is 0 Å². The molecule has 4 rings (SSSR count). The number of nitrogens with one attached hydrogen (secondary N) is 1. The van der Waals surface area contributed by atoms with Crippen molar-refractivity contribution in [3.8, 4) is 0 Å². The molecule has 0 spiro atoms. The quantitative estimate of drug-likeness (QED) is 0.223. The van der Waals surface area contributed by atoms with Gasteiger partial charge in [0.15, 0.2) is 5.78 Å². The molecule has 2 unspecified atom stereocenters. The van der Waals surface area contributed by atoms with Gasteiger partial charge in [0, 0.05) is 34.6 Å². The number of nitrogens with zero attached hydrogens (tertiary/aromatic N) is 1. The fourth-order valence-electron chi connectivity index (χ4n) is 4.62. The van der Waals surface area contributed by atoms with Crippen molar-refractivity contribution in [2.24, 2.45) is 0 Å². The monoisotopic (exact) mass is 634 g/mol. The van der Waals surface area contributed by atoms with Crippen LogP contribution in [0.1, 0.15) is 38.2 Å². The fraction of sp³-hybridized carbons (Fsp3) is 0.379. The van der Waals surface area contributed by atoms with E-state index in [1.807, 2.05) is 41.1 Å². The van der Waals surface area contributed by atoms with E-state index in [0.717, 1.165) is 48.1 Å². The van der Waals surface area contributed by atoms with E-state index in [0.29, 0.717) is 28.7 Å². The average Bonchev–Trinajstić information content (AvgIpc) is 3.47. The summed E-state index contributed by atoms with van der Waals surface area (Å²) in [5, 5.41) is 6.77. The van der Waals surface area contributed by atoms with Crippen LogP contribution in [0.25, 0.3) is 0 Å². The molecule has 0 saturated carbocycles. The van der Waals surface area contributed by atoms with Gasteiger partial charge in [0.25, 0.3) is 0 Å². The third-order valence-corrected chi connectivity index (χ3v) is 10.0. The number of hydrogen-bond acceptors (Lipinski definition) is 6. The number of unbranched alkanes of at least 4 members (excludes halogenated alkanes) is 1. The molecular formula is C29H32BrClN2O3S2. The summed E-state index contributed by atoms with van der Waals surface area (Å²) in [5.74, 6) is -0.479. The third kappa shape index (κ3) is 6.65. The van der Waals surface area contributed by atoms with Crippen molar-refractivity contribution in [1.29, 1.82) is 0 Å². The van der Waals surface area contributed by atoms with Crippen molar-refractivity contribution in [2.75, 3.05) is 26.3 Å². The van der Waals surface area contributed by atoms with Gasteiger partial charge in [-0.05, 0) is 59.0 Å². The lowest BCUT2D eigenvalue weighted by Gasteiger charge is -2.40. The highest BCUT2D eigenvalue weighted by atomic mass is 79.9. The average molecular weight is 636 g/mol. The summed E-state index contributed by atoms with van der Waals surface area (Å²) >= 11 is 12.9. The molecular weight excluding hydrogens is 604 g/mol. The topological polar surface area (TPSA) is 58.6 Å².